The fourth-order valence-corrected chi connectivity index (χ4v) is 3.17. The van der Waals surface area contributed by atoms with Gasteiger partial charge in [0.15, 0.2) is 0 Å². The van der Waals surface area contributed by atoms with Gasteiger partial charge in [-0.3, -0.25) is 0 Å². The lowest BCUT2D eigenvalue weighted by atomic mass is 10.3. The van der Waals surface area contributed by atoms with E-state index in [1.54, 1.807) is 12.1 Å². The monoisotopic (exact) mass is 345 g/mol. The van der Waals surface area contributed by atoms with Crippen LogP contribution in [0.25, 0.3) is 11.0 Å². The smallest absolute Gasteiger partial charge is 0.229 e. The maximum atomic E-state index is 13.4. The molecule has 3 aromatic rings. The fourth-order valence-electron chi connectivity index (χ4n) is 2.99. The van der Waals surface area contributed by atoms with E-state index in [2.05, 4.69) is 20.2 Å². The number of fused-ring (bicyclic) bond motifs is 1. The van der Waals surface area contributed by atoms with E-state index in [1.807, 2.05) is 13.0 Å². The largest absolute Gasteiger partial charge is 0.343 e. The van der Waals surface area contributed by atoms with E-state index in [0.717, 1.165) is 42.7 Å². The van der Waals surface area contributed by atoms with Gasteiger partial charge in [0.2, 0.25) is 5.95 Å². The zero-order valence-electron chi connectivity index (χ0n) is 13.2. The van der Waals surface area contributed by atoms with Gasteiger partial charge >= 0.3 is 0 Å². The summed E-state index contributed by atoms with van der Waals surface area (Å²) in [6.45, 7) is 3.91. The van der Waals surface area contributed by atoms with Crippen molar-refractivity contribution in [3.8, 4) is 0 Å². The van der Waals surface area contributed by atoms with Crippen LogP contribution in [0.3, 0.4) is 0 Å². The number of nitrogens with one attached hydrogen (secondary N) is 2. The lowest BCUT2D eigenvalue weighted by Gasteiger charge is -2.16. The van der Waals surface area contributed by atoms with Crippen LogP contribution in [0, 0.1) is 12.7 Å². The molecule has 24 heavy (non-hydrogen) atoms. The molecule has 3 heterocycles. The minimum absolute atomic E-state index is 0.0790. The average Bonchev–Trinajstić information content (AvgIpc) is 3.19. The molecule has 0 amide bonds. The van der Waals surface area contributed by atoms with Crippen LogP contribution in [0.1, 0.15) is 18.5 Å². The van der Waals surface area contributed by atoms with Gasteiger partial charge in [-0.15, -0.1) is 0 Å². The van der Waals surface area contributed by atoms with Gasteiger partial charge in [-0.05, 0) is 44.0 Å². The molecule has 7 heteroatoms. The Morgan fingerprint density at radius 3 is 2.75 bits per heavy atom. The second-order valence-corrected chi connectivity index (χ2v) is 6.44. The summed E-state index contributed by atoms with van der Waals surface area (Å²) in [5, 5.41) is 4.22. The van der Waals surface area contributed by atoms with Crippen molar-refractivity contribution in [1.82, 2.24) is 15.0 Å². The van der Waals surface area contributed by atoms with Crippen molar-refractivity contribution in [3.63, 3.8) is 0 Å². The number of H-pyrrole nitrogens is 1. The molecule has 124 valence electrons. The van der Waals surface area contributed by atoms with Gasteiger partial charge < -0.3 is 15.2 Å². The predicted molar refractivity (Wildman–Crippen MR) is 94.8 cm³/mol. The summed E-state index contributed by atoms with van der Waals surface area (Å²) in [7, 11) is 0. The Balaban J connectivity index is 1.78. The number of anilines is 3. The second kappa shape index (κ2) is 5.94. The van der Waals surface area contributed by atoms with Gasteiger partial charge in [0.05, 0.1) is 10.4 Å². The molecule has 0 spiro atoms. The number of rotatable bonds is 3. The normalized spacial score (nSPS) is 14.5. The van der Waals surface area contributed by atoms with Crippen molar-refractivity contribution in [1.29, 1.82) is 0 Å². The number of nitrogens with zero attached hydrogens (tertiary/aromatic N) is 3. The Hall–Kier alpha value is -2.34. The molecular formula is C17H17ClFN5. The molecular weight excluding hydrogens is 329 g/mol. The van der Waals surface area contributed by atoms with Gasteiger partial charge in [0, 0.05) is 24.5 Å². The first-order valence-electron chi connectivity index (χ1n) is 7.94. The van der Waals surface area contributed by atoms with Gasteiger partial charge in [0.25, 0.3) is 0 Å². The number of halogens is 2. The van der Waals surface area contributed by atoms with Crippen LogP contribution < -0.4 is 10.2 Å². The van der Waals surface area contributed by atoms with Crippen LogP contribution in [-0.4, -0.2) is 28.0 Å². The van der Waals surface area contributed by atoms with Crippen LogP contribution in [0.2, 0.25) is 5.02 Å². The standard InChI is InChI=1S/C17H17ClFN5/c1-10-8-12-15(20-10)22-17(24-6-2-3-7-24)23-16(12)21-11-4-5-14(19)13(18)9-11/h4-5,8-9H,2-3,6-7H2,1H3,(H2,20,21,22,23). The van der Waals surface area contributed by atoms with Crippen molar-refractivity contribution >= 4 is 40.1 Å². The van der Waals surface area contributed by atoms with Gasteiger partial charge in [-0.1, -0.05) is 11.6 Å². The Morgan fingerprint density at radius 2 is 2.00 bits per heavy atom. The molecule has 2 aromatic heterocycles. The van der Waals surface area contributed by atoms with E-state index in [1.165, 1.54) is 6.07 Å². The van der Waals surface area contributed by atoms with E-state index >= 15 is 0 Å². The highest BCUT2D eigenvalue weighted by Crippen LogP contribution is 2.29. The van der Waals surface area contributed by atoms with E-state index in [0.29, 0.717) is 17.5 Å². The number of aromatic nitrogens is 3. The molecule has 0 atom stereocenters. The van der Waals surface area contributed by atoms with Crippen LogP contribution in [0.4, 0.5) is 21.8 Å². The molecule has 0 radical (unpaired) electrons. The summed E-state index contributed by atoms with van der Waals surface area (Å²) >= 11 is 5.88. The Bertz CT molecular complexity index is 901. The quantitative estimate of drug-likeness (QED) is 0.738. The van der Waals surface area contributed by atoms with Gasteiger partial charge in [-0.2, -0.15) is 9.97 Å². The summed E-state index contributed by atoms with van der Waals surface area (Å²) < 4.78 is 13.4. The van der Waals surface area contributed by atoms with E-state index in [9.17, 15) is 4.39 Å². The fraction of sp³-hybridized carbons (Fsp3) is 0.294. The molecule has 2 N–H and O–H groups in total. The van der Waals surface area contributed by atoms with E-state index in [-0.39, 0.29) is 5.02 Å². The zero-order valence-corrected chi connectivity index (χ0v) is 14.0. The first kappa shape index (κ1) is 15.2. The maximum Gasteiger partial charge on any atom is 0.229 e. The molecule has 1 aliphatic rings. The van der Waals surface area contributed by atoms with Gasteiger partial charge in [0.1, 0.15) is 17.3 Å². The number of hydrogen-bond acceptors (Lipinski definition) is 4. The van der Waals surface area contributed by atoms with Crippen molar-refractivity contribution in [2.75, 3.05) is 23.3 Å². The minimum Gasteiger partial charge on any atom is -0.343 e. The summed E-state index contributed by atoms with van der Waals surface area (Å²) in [4.78, 5) is 14.8. The first-order valence-corrected chi connectivity index (χ1v) is 8.32. The van der Waals surface area contributed by atoms with E-state index < -0.39 is 5.82 Å². The first-order chi connectivity index (χ1) is 11.6. The van der Waals surface area contributed by atoms with Crippen LogP contribution in [0.15, 0.2) is 24.3 Å². The van der Waals surface area contributed by atoms with Crippen LogP contribution in [0.5, 0.6) is 0 Å². The highest BCUT2D eigenvalue weighted by atomic mass is 35.5. The summed E-state index contributed by atoms with van der Waals surface area (Å²) in [5.74, 6) is 0.955. The average molecular weight is 346 g/mol. The van der Waals surface area contributed by atoms with Crippen molar-refractivity contribution in [2.24, 2.45) is 0 Å². The number of hydrogen-bond donors (Lipinski definition) is 2. The molecule has 4 rings (SSSR count). The molecule has 0 saturated carbocycles. The highest BCUT2D eigenvalue weighted by molar-refractivity contribution is 6.31. The third-order valence-corrected chi connectivity index (χ3v) is 4.47. The second-order valence-electron chi connectivity index (χ2n) is 6.03. The van der Waals surface area contributed by atoms with Crippen molar-refractivity contribution in [3.05, 3.63) is 40.8 Å². The number of aryl methyl sites for hydroxylation is 1. The number of benzene rings is 1. The maximum absolute atomic E-state index is 13.4. The third-order valence-electron chi connectivity index (χ3n) is 4.18. The molecule has 0 aliphatic carbocycles. The lowest BCUT2D eigenvalue weighted by Crippen LogP contribution is -2.20. The molecule has 1 saturated heterocycles. The molecule has 1 fully saturated rings. The Morgan fingerprint density at radius 1 is 1.21 bits per heavy atom. The van der Waals surface area contributed by atoms with Crippen molar-refractivity contribution < 1.29 is 4.39 Å². The molecule has 0 bridgehead atoms. The Kier molecular flexibility index (Phi) is 3.76. The Labute approximate surface area is 143 Å². The third kappa shape index (κ3) is 2.78. The molecule has 1 aliphatic heterocycles. The molecule has 0 unspecified atom stereocenters. The summed E-state index contributed by atoms with van der Waals surface area (Å²) in [6, 6.07) is 6.54. The summed E-state index contributed by atoms with van der Waals surface area (Å²) in [6.07, 6.45) is 2.31. The SMILES string of the molecule is Cc1cc2c(Nc3ccc(F)c(Cl)c3)nc(N3CCCC3)nc2[nH]1. The highest BCUT2D eigenvalue weighted by Gasteiger charge is 2.18. The van der Waals surface area contributed by atoms with Gasteiger partial charge in [-0.25, -0.2) is 4.39 Å². The van der Waals surface area contributed by atoms with Crippen LogP contribution >= 0.6 is 11.6 Å². The number of aromatic amines is 1. The van der Waals surface area contributed by atoms with Crippen LogP contribution in [-0.2, 0) is 0 Å². The minimum atomic E-state index is -0.440. The zero-order chi connectivity index (χ0) is 16.7. The topological polar surface area (TPSA) is 56.8 Å². The summed E-state index contributed by atoms with van der Waals surface area (Å²) in [5.41, 5.74) is 2.49. The lowest BCUT2D eigenvalue weighted by molar-refractivity contribution is 0.628. The molecule has 5 nitrogen and oxygen atoms in total. The van der Waals surface area contributed by atoms with Crippen molar-refractivity contribution in [2.45, 2.75) is 19.8 Å². The van der Waals surface area contributed by atoms with E-state index in [4.69, 9.17) is 16.6 Å². The predicted octanol–water partition coefficient (Wildman–Crippen LogP) is 4.40. The molecule has 1 aromatic carbocycles.